The van der Waals surface area contributed by atoms with Gasteiger partial charge in [0, 0.05) is 60.3 Å². The third-order valence-corrected chi connectivity index (χ3v) is 13.7. The second kappa shape index (κ2) is 25.7. The molecule has 0 amide bonds. The normalized spacial score (nSPS) is 15.2. The zero-order valence-electron chi connectivity index (χ0n) is 40.3. The molecular formula is C59H73BrN2O4. The second-order valence-corrected chi connectivity index (χ2v) is 19.1. The summed E-state index contributed by atoms with van der Waals surface area (Å²) in [7, 11) is 0. The Labute approximate surface area is 407 Å². The first-order valence-electron chi connectivity index (χ1n) is 24.6. The van der Waals surface area contributed by atoms with E-state index in [-0.39, 0.29) is 53.0 Å². The van der Waals surface area contributed by atoms with Crippen LogP contribution in [0.4, 0.5) is 11.4 Å². The SMILES string of the molecule is C#CCOC(=O)CCCCCCCCCCN1/C(=C\C=C\C2=[N+](CCCCCCCCCCC(=O)OCC#C)c3ccc4ccccc4c3C2(C)C)C(C)(C)c2c1ccc1ccccc21.[Br-]. The third-order valence-electron chi connectivity index (χ3n) is 13.7. The van der Waals surface area contributed by atoms with Crippen LogP contribution in [0, 0.1) is 24.7 Å². The van der Waals surface area contributed by atoms with Crippen LogP contribution < -0.4 is 21.9 Å². The summed E-state index contributed by atoms with van der Waals surface area (Å²) >= 11 is 0. The number of halogens is 1. The summed E-state index contributed by atoms with van der Waals surface area (Å²) in [6, 6.07) is 27.0. The number of carbonyl (C=O) groups is 2. The first kappa shape index (κ1) is 51.9. The summed E-state index contributed by atoms with van der Waals surface area (Å²) in [4.78, 5) is 26.1. The van der Waals surface area contributed by atoms with Crippen molar-refractivity contribution >= 4 is 50.6 Å². The topological polar surface area (TPSA) is 58.8 Å². The van der Waals surface area contributed by atoms with E-state index in [0.717, 1.165) is 64.5 Å². The van der Waals surface area contributed by atoms with Crippen LogP contribution in [-0.4, -0.2) is 48.5 Å². The largest absolute Gasteiger partial charge is 1.00 e. The number of fused-ring (bicyclic) bond motifs is 6. The van der Waals surface area contributed by atoms with Crippen molar-refractivity contribution in [1.29, 1.82) is 0 Å². The molecule has 0 unspecified atom stereocenters. The Kier molecular flexibility index (Phi) is 20.2. The highest BCUT2D eigenvalue weighted by atomic mass is 79.9. The number of ether oxygens (including phenoxy) is 2. The Bertz CT molecular complexity index is 2440. The Morgan fingerprint density at radius 2 is 1.09 bits per heavy atom. The quantitative estimate of drug-likeness (QED) is 0.0272. The van der Waals surface area contributed by atoms with Gasteiger partial charge >= 0.3 is 11.9 Å². The predicted octanol–water partition coefficient (Wildman–Crippen LogP) is 11.0. The van der Waals surface area contributed by atoms with Crippen molar-refractivity contribution in [1.82, 2.24) is 0 Å². The molecule has 0 aliphatic carbocycles. The lowest BCUT2D eigenvalue weighted by Crippen LogP contribution is -3.00. The monoisotopic (exact) mass is 952 g/mol. The Hall–Kier alpha value is -5.11. The van der Waals surface area contributed by atoms with Gasteiger partial charge in [0.2, 0.25) is 5.69 Å². The van der Waals surface area contributed by atoms with E-state index in [1.165, 1.54) is 107 Å². The van der Waals surface area contributed by atoms with E-state index in [0.29, 0.717) is 12.8 Å². The number of rotatable bonds is 26. The van der Waals surface area contributed by atoms with Crippen molar-refractivity contribution in [2.24, 2.45) is 0 Å². The van der Waals surface area contributed by atoms with Crippen LogP contribution in [0.2, 0.25) is 0 Å². The van der Waals surface area contributed by atoms with Crippen LogP contribution >= 0.6 is 0 Å². The molecule has 4 aromatic rings. The van der Waals surface area contributed by atoms with Gasteiger partial charge in [-0.1, -0.05) is 157 Å². The van der Waals surface area contributed by atoms with Crippen molar-refractivity contribution < 1.29 is 40.6 Å². The van der Waals surface area contributed by atoms with Gasteiger partial charge in [-0.05, 0) is 84.8 Å². The fourth-order valence-corrected chi connectivity index (χ4v) is 10.4. The third kappa shape index (κ3) is 13.1. The van der Waals surface area contributed by atoms with Crippen LogP contribution in [0.25, 0.3) is 21.5 Å². The van der Waals surface area contributed by atoms with E-state index < -0.39 is 0 Å². The standard InChI is InChI=1S/C59H73N2O4.BrH/c1-7-44-64-54(62)36-21-17-13-9-11-15-19-27-42-60-50-40-38-46-30-23-25-32-48(46)56(50)58(3,4)52(60)34-29-35-53-59(5,6)57-49-33-26-24-31-47(49)39-41-51(57)61(53)43-28-20-16-12-10-14-18-22-37-55(63)65-45-8-2;/h1-2,23-26,29-35,38-41H,9-22,27-28,36-37,42-45H2,3-6H3;1H/q+1;/p-1. The maximum Gasteiger partial charge on any atom is 0.306 e. The van der Waals surface area contributed by atoms with Gasteiger partial charge in [0.05, 0.1) is 5.41 Å². The van der Waals surface area contributed by atoms with Gasteiger partial charge in [0.1, 0.15) is 6.54 Å². The predicted molar refractivity (Wildman–Crippen MR) is 271 cm³/mol. The van der Waals surface area contributed by atoms with Crippen molar-refractivity contribution in [3.8, 4) is 24.7 Å². The maximum atomic E-state index is 11.7. The molecule has 6 nitrogen and oxygen atoms in total. The van der Waals surface area contributed by atoms with Crippen molar-refractivity contribution in [3.05, 3.63) is 108 Å². The molecule has 0 spiro atoms. The second-order valence-electron chi connectivity index (χ2n) is 19.1. The highest BCUT2D eigenvalue weighted by Gasteiger charge is 2.46. The number of hydrogen-bond donors (Lipinski definition) is 0. The lowest BCUT2D eigenvalue weighted by atomic mass is 9.79. The Morgan fingerprint density at radius 1 is 0.606 bits per heavy atom. The summed E-state index contributed by atoms with van der Waals surface area (Å²) < 4.78 is 12.6. The number of hydrogen-bond acceptors (Lipinski definition) is 5. The molecule has 2 aliphatic heterocycles. The fraction of sp³-hybridized carbons (Fsp3) is 0.475. The molecule has 350 valence electrons. The first-order chi connectivity index (χ1) is 31.6. The molecule has 0 radical (unpaired) electrons. The summed E-state index contributed by atoms with van der Waals surface area (Å²) in [6.45, 7) is 11.7. The molecule has 0 saturated heterocycles. The first-order valence-corrected chi connectivity index (χ1v) is 24.6. The van der Waals surface area contributed by atoms with Gasteiger partial charge in [0.15, 0.2) is 18.9 Å². The van der Waals surface area contributed by atoms with E-state index in [1.807, 2.05) is 0 Å². The van der Waals surface area contributed by atoms with E-state index in [2.05, 4.69) is 140 Å². The average Bonchev–Trinajstić information content (AvgIpc) is 3.66. The number of esters is 2. The lowest BCUT2D eigenvalue weighted by Gasteiger charge is -2.27. The molecule has 0 atom stereocenters. The summed E-state index contributed by atoms with van der Waals surface area (Å²) in [5.74, 6) is 4.33. The van der Waals surface area contributed by atoms with Gasteiger partial charge in [0.25, 0.3) is 0 Å². The molecule has 0 bridgehead atoms. The van der Waals surface area contributed by atoms with Gasteiger partial charge in [-0.3, -0.25) is 9.59 Å². The highest BCUT2D eigenvalue weighted by molar-refractivity contribution is 6.07. The summed E-state index contributed by atoms with van der Waals surface area (Å²) in [6.07, 6.45) is 36.5. The molecule has 2 aliphatic rings. The van der Waals surface area contributed by atoms with Gasteiger partial charge in [-0.15, -0.1) is 12.8 Å². The highest BCUT2D eigenvalue weighted by Crippen LogP contribution is 2.51. The van der Waals surface area contributed by atoms with Crippen LogP contribution in [0.3, 0.4) is 0 Å². The van der Waals surface area contributed by atoms with Crippen LogP contribution in [0.5, 0.6) is 0 Å². The number of carbonyl (C=O) groups excluding carboxylic acids is 2. The van der Waals surface area contributed by atoms with E-state index in [9.17, 15) is 9.59 Å². The van der Waals surface area contributed by atoms with E-state index in [1.54, 1.807) is 0 Å². The smallest absolute Gasteiger partial charge is 0.306 e. The minimum atomic E-state index is -0.188. The average molecular weight is 954 g/mol. The van der Waals surface area contributed by atoms with Crippen molar-refractivity contribution in [2.45, 2.75) is 154 Å². The number of nitrogens with zero attached hydrogens (tertiary/aromatic N) is 2. The van der Waals surface area contributed by atoms with E-state index in [4.69, 9.17) is 22.3 Å². The minimum absolute atomic E-state index is 0. The van der Waals surface area contributed by atoms with Crippen molar-refractivity contribution in [2.75, 3.05) is 31.2 Å². The lowest BCUT2D eigenvalue weighted by molar-refractivity contribution is -0.438. The number of anilines is 1. The maximum absolute atomic E-state index is 11.7. The van der Waals surface area contributed by atoms with Gasteiger partial charge in [-0.2, -0.15) is 4.58 Å². The molecule has 0 saturated carbocycles. The molecule has 0 N–H and O–H groups in total. The molecule has 4 aromatic carbocycles. The zero-order valence-corrected chi connectivity index (χ0v) is 41.9. The van der Waals surface area contributed by atoms with E-state index >= 15 is 0 Å². The number of unbranched alkanes of at least 4 members (excludes halogenated alkanes) is 14. The van der Waals surface area contributed by atoms with Gasteiger partial charge < -0.3 is 31.4 Å². The molecule has 66 heavy (non-hydrogen) atoms. The molecule has 6 rings (SSSR count). The summed E-state index contributed by atoms with van der Waals surface area (Å²) in [5, 5.41) is 5.27. The molecule has 2 heterocycles. The van der Waals surface area contributed by atoms with Crippen LogP contribution in [0.15, 0.2) is 96.7 Å². The fourth-order valence-electron chi connectivity index (χ4n) is 10.4. The molecule has 0 fully saturated rings. The molecule has 0 aromatic heterocycles. The Morgan fingerprint density at radius 3 is 1.65 bits per heavy atom. The minimum Gasteiger partial charge on any atom is -1.00 e. The molecule has 7 heteroatoms. The van der Waals surface area contributed by atoms with Crippen LogP contribution in [0.1, 0.15) is 154 Å². The van der Waals surface area contributed by atoms with Crippen molar-refractivity contribution in [3.63, 3.8) is 0 Å². The molecular weight excluding hydrogens is 881 g/mol. The zero-order chi connectivity index (χ0) is 46.1. The number of allylic oxidation sites excluding steroid dienone is 4. The van der Waals surface area contributed by atoms with Gasteiger partial charge in [-0.25, -0.2) is 0 Å². The number of benzene rings is 4. The number of terminal acetylenes is 2. The summed E-state index contributed by atoms with van der Waals surface area (Å²) in [5.41, 5.74) is 7.90. The van der Waals surface area contributed by atoms with Crippen LogP contribution in [-0.2, 0) is 29.9 Å². The Balaban J connectivity index is 0.00000817.